The fourth-order valence-corrected chi connectivity index (χ4v) is 8.02. The summed E-state index contributed by atoms with van der Waals surface area (Å²) in [7, 11) is -3.14. The summed E-state index contributed by atoms with van der Waals surface area (Å²) in [5, 5.41) is 3.20. The number of nitrogens with zero attached hydrogens (tertiary/aromatic N) is 1. The zero-order valence-electron chi connectivity index (χ0n) is 18.2. The van der Waals surface area contributed by atoms with Crippen molar-refractivity contribution in [3.8, 4) is 0 Å². The van der Waals surface area contributed by atoms with Crippen LogP contribution < -0.4 is 15.4 Å². The van der Waals surface area contributed by atoms with Crippen LogP contribution in [0.25, 0.3) is 0 Å². The quantitative estimate of drug-likeness (QED) is 0.562. The van der Waals surface area contributed by atoms with Gasteiger partial charge in [0.15, 0.2) is 0 Å². The molecule has 5 saturated carbocycles. The fraction of sp³-hybridized carbons (Fsp3) is 0.652. The van der Waals surface area contributed by atoms with Gasteiger partial charge in [0.25, 0.3) is 0 Å². The van der Waals surface area contributed by atoms with E-state index < -0.39 is 27.7 Å². The molecule has 6 rings (SSSR count). The summed E-state index contributed by atoms with van der Waals surface area (Å²) in [5.41, 5.74) is 4.68. The van der Waals surface area contributed by atoms with E-state index in [9.17, 15) is 22.4 Å². The Morgan fingerprint density at radius 2 is 1.81 bits per heavy atom. The minimum Gasteiger partial charge on any atom is -0.369 e. The van der Waals surface area contributed by atoms with Crippen LogP contribution in [0.15, 0.2) is 18.2 Å². The monoisotopic (exact) mass is 463 g/mol. The minimum absolute atomic E-state index is 0.0786. The van der Waals surface area contributed by atoms with E-state index in [0.29, 0.717) is 37.2 Å². The summed E-state index contributed by atoms with van der Waals surface area (Å²) in [6, 6.07) is 4.19. The predicted octanol–water partition coefficient (Wildman–Crippen LogP) is 2.19. The molecule has 0 radical (unpaired) electrons. The van der Waals surface area contributed by atoms with Gasteiger partial charge in [-0.2, -0.15) is 0 Å². The molecule has 0 spiro atoms. The Kier molecular flexibility index (Phi) is 5.03. The number of amides is 2. The maximum Gasteiger partial charge on any atom is 0.247 e. The van der Waals surface area contributed by atoms with Crippen LogP contribution in [0.3, 0.4) is 0 Å². The van der Waals surface area contributed by atoms with Gasteiger partial charge in [0.05, 0.1) is 5.69 Å². The molecule has 32 heavy (non-hydrogen) atoms. The van der Waals surface area contributed by atoms with Crippen LogP contribution in [0, 0.1) is 35.9 Å². The Labute approximate surface area is 189 Å². The summed E-state index contributed by atoms with van der Waals surface area (Å²) < 4.78 is 39.9. The smallest absolute Gasteiger partial charge is 0.247 e. The van der Waals surface area contributed by atoms with Crippen molar-refractivity contribution in [2.24, 2.45) is 28.9 Å². The maximum atomic E-state index is 14.2. The number of thiol groups is 1. The first-order chi connectivity index (χ1) is 15.1. The third-order valence-corrected chi connectivity index (χ3v) is 9.61. The molecule has 1 aromatic carbocycles. The molecule has 5 aliphatic rings. The van der Waals surface area contributed by atoms with Crippen molar-refractivity contribution < 1.29 is 22.4 Å². The van der Waals surface area contributed by atoms with E-state index >= 15 is 0 Å². The normalized spacial score (nSPS) is 34.2. The SMILES string of the molecule is Cc1ccc(N([SH](=O)=O)C2(C(=O)NC3C4CC5CC3CC(C(N)=O)(C5)C4)CCC2)cc1F. The lowest BCUT2D eigenvalue weighted by molar-refractivity contribution is -0.148. The largest absolute Gasteiger partial charge is 0.369 e. The number of primary amides is 1. The Bertz CT molecular complexity index is 1030. The first-order valence-electron chi connectivity index (χ1n) is 11.5. The molecule has 0 aromatic heterocycles. The summed E-state index contributed by atoms with van der Waals surface area (Å²) in [4.78, 5) is 25.8. The molecular formula is C23H30FN3O4S. The molecule has 0 saturated heterocycles. The van der Waals surface area contributed by atoms with Gasteiger partial charge in [-0.3, -0.25) is 13.9 Å². The predicted molar refractivity (Wildman–Crippen MR) is 118 cm³/mol. The maximum absolute atomic E-state index is 14.2. The first-order valence-corrected chi connectivity index (χ1v) is 12.6. The first kappa shape index (κ1) is 21.7. The van der Waals surface area contributed by atoms with Gasteiger partial charge in [0, 0.05) is 11.5 Å². The van der Waals surface area contributed by atoms with Crippen molar-refractivity contribution in [1.82, 2.24) is 5.32 Å². The van der Waals surface area contributed by atoms with Crippen LogP contribution in [0.5, 0.6) is 0 Å². The van der Waals surface area contributed by atoms with Crippen molar-refractivity contribution in [3.63, 3.8) is 0 Å². The van der Waals surface area contributed by atoms with E-state index in [4.69, 9.17) is 5.73 Å². The van der Waals surface area contributed by atoms with Gasteiger partial charge in [-0.05, 0) is 93.7 Å². The molecule has 2 unspecified atom stereocenters. The van der Waals surface area contributed by atoms with Crippen molar-refractivity contribution in [1.29, 1.82) is 0 Å². The lowest BCUT2D eigenvalue weighted by Crippen LogP contribution is -2.68. The molecule has 5 fully saturated rings. The molecule has 1 aromatic rings. The number of rotatable bonds is 6. The van der Waals surface area contributed by atoms with E-state index in [-0.39, 0.29) is 35.4 Å². The molecule has 2 atom stereocenters. The van der Waals surface area contributed by atoms with Crippen LogP contribution in [0.1, 0.15) is 56.9 Å². The highest BCUT2D eigenvalue weighted by molar-refractivity contribution is 7.74. The Balaban J connectivity index is 1.42. The lowest BCUT2D eigenvalue weighted by Gasteiger charge is -2.59. The van der Waals surface area contributed by atoms with Gasteiger partial charge in [-0.25, -0.2) is 12.8 Å². The summed E-state index contributed by atoms with van der Waals surface area (Å²) in [5.74, 6) is -0.212. The van der Waals surface area contributed by atoms with E-state index in [1.807, 2.05) is 0 Å². The average Bonchev–Trinajstić information content (AvgIpc) is 2.68. The van der Waals surface area contributed by atoms with E-state index in [1.165, 1.54) is 12.1 Å². The second-order valence-electron chi connectivity index (χ2n) is 10.5. The average molecular weight is 464 g/mol. The number of hydrogen-bond donors (Lipinski definition) is 3. The fourth-order valence-electron chi connectivity index (χ4n) is 7.11. The van der Waals surface area contributed by atoms with Gasteiger partial charge in [-0.15, -0.1) is 0 Å². The number of aryl methyl sites for hydroxylation is 1. The highest BCUT2D eigenvalue weighted by Crippen LogP contribution is 2.60. The molecule has 3 N–H and O–H groups in total. The van der Waals surface area contributed by atoms with Gasteiger partial charge >= 0.3 is 0 Å². The number of anilines is 1. The summed E-state index contributed by atoms with van der Waals surface area (Å²) >= 11 is 0. The molecule has 2 amide bonds. The summed E-state index contributed by atoms with van der Waals surface area (Å²) in [6.07, 6.45) is 5.68. The van der Waals surface area contributed by atoms with Crippen LogP contribution in [0.4, 0.5) is 10.1 Å². The Morgan fingerprint density at radius 1 is 1.16 bits per heavy atom. The van der Waals surface area contributed by atoms with Crippen molar-refractivity contribution in [2.45, 2.75) is 69.9 Å². The zero-order chi connectivity index (χ0) is 22.8. The van der Waals surface area contributed by atoms with Crippen LogP contribution in [-0.2, 0) is 20.5 Å². The van der Waals surface area contributed by atoms with Crippen LogP contribution >= 0.6 is 0 Å². The highest BCUT2D eigenvalue weighted by Gasteiger charge is 2.59. The van der Waals surface area contributed by atoms with Crippen molar-refractivity contribution in [3.05, 3.63) is 29.6 Å². The molecule has 7 nitrogen and oxygen atoms in total. The number of carbonyl (C=O) groups excluding carboxylic acids is 2. The molecule has 5 aliphatic carbocycles. The topological polar surface area (TPSA) is 110 Å². The van der Waals surface area contributed by atoms with Crippen molar-refractivity contribution >= 4 is 28.4 Å². The molecule has 9 heteroatoms. The molecule has 0 aliphatic heterocycles. The summed E-state index contributed by atoms with van der Waals surface area (Å²) in [6.45, 7) is 1.61. The zero-order valence-corrected chi connectivity index (χ0v) is 19.1. The number of nitrogens with two attached hydrogens (primary N) is 1. The molecule has 174 valence electrons. The lowest BCUT2D eigenvalue weighted by atomic mass is 9.47. The third-order valence-electron chi connectivity index (χ3n) is 8.67. The molecule has 0 heterocycles. The number of nitrogens with one attached hydrogen (secondary N) is 1. The standard InChI is InChI=1S/C23H30FN3O4S/c1-13-3-4-17(9-18(13)24)27(32(30)31)23(5-2-6-23)21(29)26-19-15-7-14-8-16(19)12-22(10-14,11-15)20(25)28/h3-4,9,14-16,19,32H,2,5-8,10-12H2,1H3,(H2,25,28)(H,26,29). The minimum atomic E-state index is -3.14. The van der Waals surface area contributed by atoms with Gasteiger partial charge in [-0.1, -0.05) is 6.07 Å². The third kappa shape index (κ3) is 3.15. The van der Waals surface area contributed by atoms with E-state index in [1.54, 1.807) is 13.0 Å². The number of halogens is 1. The number of carbonyl (C=O) groups is 2. The van der Waals surface area contributed by atoms with Crippen LogP contribution in [-0.4, -0.2) is 31.8 Å². The number of benzene rings is 1. The number of hydrogen-bond acceptors (Lipinski definition) is 4. The van der Waals surface area contributed by atoms with Gasteiger partial charge in [0.2, 0.25) is 22.7 Å². The Hall–Kier alpha value is -2.16. The molecular weight excluding hydrogens is 433 g/mol. The van der Waals surface area contributed by atoms with Crippen molar-refractivity contribution in [2.75, 3.05) is 4.31 Å². The second-order valence-corrected chi connectivity index (χ2v) is 11.4. The van der Waals surface area contributed by atoms with Gasteiger partial charge < -0.3 is 11.1 Å². The van der Waals surface area contributed by atoms with Crippen LogP contribution in [0.2, 0.25) is 0 Å². The highest BCUT2D eigenvalue weighted by atomic mass is 32.2. The Morgan fingerprint density at radius 3 is 2.31 bits per heavy atom. The van der Waals surface area contributed by atoms with Gasteiger partial charge in [0.1, 0.15) is 11.4 Å². The van der Waals surface area contributed by atoms with E-state index in [2.05, 4.69) is 5.32 Å². The second kappa shape index (κ2) is 7.43. The molecule has 4 bridgehead atoms. The van der Waals surface area contributed by atoms with E-state index in [0.717, 1.165) is 30.0 Å².